The number of primary amides is 1. The zero-order chi connectivity index (χ0) is 28.0. The molecule has 1 amide bonds. The van der Waals surface area contributed by atoms with Crippen molar-refractivity contribution in [1.82, 2.24) is 4.90 Å². The number of amides is 1. The number of aliphatic hydroxyl groups excluding tert-OH is 2. The molecule has 5 N–H and O–H groups in total. The maximum Gasteiger partial charge on any atom is 0.224 e. The number of Topliss-reactive ketones (excluding diaryl/α,β-unsaturated/α-hetero) is 2. The molecule has 0 saturated heterocycles. The van der Waals surface area contributed by atoms with Crippen molar-refractivity contribution in [2.75, 3.05) is 19.7 Å². The molecule has 1 aromatic rings. The molecule has 4 aliphatic carbocycles. The number of hydrogen-bond acceptors (Lipinski definition) is 7. The maximum atomic E-state index is 13.9. The van der Waals surface area contributed by atoms with Gasteiger partial charge in [0.1, 0.15) is 11.5 Å². The Labute approximate surface area is 230 Å². The summed E-state index contributed by atoms with van der Waals surface area (Å²) in [4.78, 5) is 41.2. The third kappa shape index (κ3) is 5.78. The number of ketones is 2. The Balaban J connectivity index is 1.52. The molecule has 0 heterocycles. The van der Waals surface area contributed by atoms with Crippen LogP contribution in [0.25, 0.3) is 5.76 Å². The zero-order valence-corrected chi connectivity index (χ0v) is 23.1. The molecule has 5 rings (SSSR count). The lowest BCUT2D eigenvalue weighted by atomic mass is 9.59. The van der Waals surface area contributed by atoms with E-state index in [2.05, 4.69) is 4.90 Å². The molecule has 212 valence electrons. The van der Waals surface area contributed by atoms with E-state index < -0.39 is 35.7 Å². The summed E-state index contributed by atoms with van der Waals surface area (Å²) in [5.41, 5.74) is 7.65. The second kappa shape index (κ2) is 11.0. The highest BCUT2D eigenvalue weighted by Crippen LogP contribution is 2.50. The Morgan fingerprint density at radius 1 is 1.08 bits per heavy atom. The van der Waals surface area contributed by atoms with Gasteiger partial charge in [-0.3, -0.25) is 19.3 Å². The van der Waals surface area contributed by atoms with Gasteiger partial charge >= 0.3 is 0 Å². The van der Waals surface area contributed by atoms with Crippen molar-refractivity contribution in [3.8, 4) is 5.75 Å². The fourth-order valence-electron chi connectivity index (χ4n) is 7.05. The first-order valence-corrected chi connectivity index (χ1v) is 14.5. The quantitative estimate of drug-likeness (QED) is 0.299. The van der Waals surface area contributed by atoms with Crippen LogP contribution in [0.15, 0.2) is 17.7 Å². The van der Waals surface area contributed by atoms with Gasteiger partial charge in [0.25, 0.3) is 0 Å². The third-order valence-electron chi connectivity index (χ3n) is 9.40. The SMILES string of the molecule is CC(C)C(CO)C1CC2Cc3c(CN(CC4CC4)CC4CC4)ccc(O)c3C(O)=C2C(=O)C1C(=O)CC(N)=O. The second-order valence-corrected chi connectivity index (χ2v) is 12.8. The summed E-state index contributed by atoms with van der Waals surface area (Å²) < 4.78 is 0. The monoisotopic (exact) mass is 538 g/mol. The zero-order valence-electron chi connectivity index (χ0n) is 23.1. The number of rotatable bonds is 12. The van der Waals surface area contributed by atoms with E-state index in [0.29, 0.717) is 12.8 Å². The maximum absolute atomic E-state index is 13.9. The highest BCUT2D eigenvalue weighted by atomic mass is 16.3. The number of aliphatic hydroxyl groups is 2. The van der Waals surface area contributed by atoms with E-state index in [-0.39, 0.29) is 47.0 Å². The molecule has 3 saturated carbocycles. The van der Waals surface area contributed by atoms with Crippen molar-refractivity contribution < 1.29 is 29.7 Å². The van der Waals surface area contributed by atoms with Crippen molar-refractivity contribution in [1.29, 1.82) is 0 Å². The third-order valence-corrected chi connectivity index (χ3v) is 9.40. The number of allylic oxidation sites excluding steroid dienone is 1. The standard InChI is InChI=1S/C31H42N2O6/c1-16(2)23(15-34)22-10-20-9-21-19(14-33(12-17-3-4-17)13-18-5-6-18)7-8-24(35)28(21)30(38)27(20)31(39)29(22)25(36)11-26(32)37/h7-8,16-18,20,22-23,29,34-35,38H,3-6,9-15H2,1-2H3,(H2,32,37). The smallest absolute Gasteiger partial charge is 0.224 e. The molecule has 4 aliphatic rings. The second-order valence-electron chi connectivity index (χ2n) is 12.8. The predicted molar refractivity (Wildman–Crippen MR) is 146 cm³/mol. The summed E-state index contributed by atoms with van der Waals surface area (Å²) in [5, 5.41) is 32.6. The predicted octanol–water partition coefficient (Wildman–Crippen LogP) is 3.37. The van der Waals surface area contributed by atoms with Crippen molar-refractivity contribution in [2.24, 2.45) is 47.2 Å². The Morgan fingerprint density at radius 2 is 1.72 bits per heavy atom. The molecular weight excluding hydrogens is 496 g/mol. The minimum Gasteiger partial charge on any atom is -0.507 e. The Kier molecular flexibility index (Phi) is 7.89. The summed E-state index contributed by atoms with van der Waals surface area (Å²) >= 11 is 0. The molecule has 0 radical (unpaired) electrons. The summed E-state index contributed by atoms with van der Waals surface area (Å²) in [5.74, 6) is -3.05. The van der Waals surface area contributed by atoms with Crippen LogP contribution >= 0.6 is 0 Å². The summed E-state index contributed by atoms with van der Waals surface area (Å²) in [6, 6.07) is 3.52. The van der Waals surface area contributed by atoms with Gasteiger partial charge < -0.3 is 21.1 Å². The van der Waals surface area contributed by atoms with Crippen molar-refractivity contribution in [3.63, 3.8) is 0 Å². The molecule has 0 bridgehead atoms. The number of aromatic hydroxyl groups is 1. The fraction of sp³-hybridized carbons (Fsp3) is 0.645. The number of carbonyl (C=O) groups is 3. The largest absolute Gasteiger partial charge is 0.507 e. The molecular formula is C31H42N2O6. The van der Waals surface area contributed by atoms with Crippen LogP contribution in [-0.4, -0.2) is 57.4 Å². The van der Waals surface area contributed by atoms with E-state index in [9.17, 15) is 29.7 Å². The first-order chi connectivity index (χ1) is 18.6. The highest BCUT2D eigenvalue weighted by Gasteiger charge is 2.50. The van der Waals surface area contributed by atoms with E-state index in [1.807, 2.05) is 19.9 Å². The number of phenols is 1. The van der Waals surface area contributed by atoms with Gasteiger partial charge in [-0.1, -0.05) is 19.9 Å². The van der Waals surface area contributed by atoms with E-state index >= 15 is 0 Å². The highest BCUT2D eigenvalue weighted by molar-refractivity contribution is 6.17. The molecule has 4 unspecified atom stereocenters. The number of carbonyl (C=O) groups excluding carboxylic acids is 3. The summed E-state index contributed by atoms with van der Waals surface area (Å²) in [6.45, 7) is 6.55. The van der Waals surface area contributed by atoms with Gasteiger partial charge in [0.15, 0.2) is 11.6 Å². The van der Waals surface area contributed by atoms with Crippen LogP contribution in [0, 0.1) is 41.4 Å². The molecule has 8 nitrogen and oxygen atoms in total. The van der Waals surface area contributed by atoms with Gasteiger partial charge in [-0.15, -0.1) is 0 Å². The topological polar surface area (TPSA) is 141 Å². The van der Waals surface area contributed by atoms with Gasteiger partial charge in [-0.25, -0.2) is 0 Å². The van der Waals surface area contributed by atoms with Crippen molar-refractivity contribution in [3.05, 3.63) is 34.4 Å². The number of nitrogens with zero attached hydrogens (tertiary/aromatic N) is 1. The minimum absolute atomic E-state index is 0.00435. The van der Waals surface area contributed by atoms with Crippen molar-refractivity contribution in [2.45, 2.75) is 65.3 Å². The van der Waals surface area contributed by atoms with E-state index in [1.54, 1.807) is 6.07 Å². The van der Waals surface area contributed by atoms with Gasteiger partial charge in [0, 0.05) is 31.8 Å². The van der Waals surface area contributed by atoms with Crippen LogP contribution in [0.5, 0.6) is 5.75 Å². The Bertz CT molecular complexity index is 1170. The van der Waals surface area contributed by atoms with Gasteiger partial charge in [-0.2, -0.15) is 0 Å². The van der Waals surface area contributed by atoms with Crippen LogP contribution < -0.4 is 5.73 Å². The number of benzene rings is 1. The number of phenolic OH excluding ortho intramolecular Hbond substituents is 1. The number of fused-ring (bicyclic) bond motifs is 2. The first-order valence-electron chi connectivity index (χ1n) is 14.5. The molecule has 39 heavy (non-hydrogen) atoms. The molecule has 0 spiro atoms. The van der Waals surface area contributed by atoms with E-state index in [4.69, 9.17) is 5.73 Å². The summed E-state index contributed by atoms with van der Waals surface area (Å²) in [6.07, 6.45) is 5.40. The fourth-order valence-corrected chi connectivity index (χ4v) is 7.05. The normalized spacial score (nSPS) is 25.6. The van der Waals surface area contributed by atoms with Crippen LogP contribution in [0.3, 0.4) is 0 Å². The molecule has 0 aliphatic heterocycles. The van der Waals surface area contributed by atoms with Gasteiger partial charge in [0.05, 0.1) is 17.9 Å². The molecule has 0 aromatic heterocycles. The molecule has 3 fully saturated rings. The number of nitrogens with two attached hydrogens (primary N) is 1. The Morgan fingerprint density at radius 3 is 2.26 bits per heavy atom. The number of hydrogen-bond donors (Lipinski definition) is 4. The Hall–Kier alpha value is -2.71. The minimum atomic E-state index is -1.16. The lowest BCUT2D eigenvalue weighted by Crippen LogP contribution is -2.47. The van der Waals surface area contributed by atoms with Crippen LogP contribution in [0.2, 0.25) is 0 Å². The van der Waals surface area contributed by atoms with E-state index in [1.165, 1.54) is 25.7 Å². The van der Waals surface area contributed by atoms with Gasteiger partial charge in [0.2, 0.25) is 5.91 Å². The van der Waals surface area contributed by atoms with E-state index in [0.717, 1.165) is 42.6 Å². The lowest BCUT2D eigenvalue weighted by Gasteiger charge is -2.43. The lowest BCUT2D eigenvalue weighted by molar-refractivity contribution is -0.138. The molecule has 4 atom stereocenters. The molecule has 8 heteroatoms. The molecule has 1 aromatic carbocycles. The first kappa shape index (κ1) is 27.8. The van der Waals surface area contributed by atoms with Crippen LogP contribution in [-0.2, 0) is 27.3 Å². The van der Waals surface area contributed by atoms with Gasteiger partial charge in [-0.05, 0) is 91.2 Å². The van der Waals surface area contributed by atoms with Crippen LogP contribution in [0.4, 0.5) is 0 Å². The average molecular weight is 539 g/mol. The average Bonchev–Trinajstić information content (AvgIpc) is 3.78. The summed E-state index contributed by atoms with van der Waals surface area (Å²) in [7, 11) is 0. The van der Waals surface area contributed by atoms with Crippen LogP contribution in [0.1, 0.15) is 69.1 Å². The van der Waals surface area contributed by atoms with Crippen molar-refractivity contribution >= 4 is 23.2 Å².